The quantitative estimate of drug-likeness (QED) is 0.679. The van der Waals surface area contributed by atoms with E-state index in [1.807, 2.05) is 6.07 Å². The lowest BCUT2D eigenvalue weighted by atomic mass is 9.97. The first kappa shape index (κ1) is 20.7. The van der Waals surface area contributed by atoms with Crippen molar-refractivity contribution in [2.45, 2.75) is 44.8 Å². The fourth-order valence-corrected chi connectivity index (χ4v) is 3.68. The Morgan fingerprint density at radius 2 is 2.00 bits per heavy atom. The van der Waals surface area contributed by atoms with E-state index in [9.17, 15) is 23.1 Å². The molecule has 160 valence electrons. The van der Waals surface area contributed by atoms with Crippen molar-refractivity contribution in [2.75, 3.05) is 0 Å². The Hall–Kier alpha value is -3.61. The number of hydrogen-bond acceptors (Lipinski definition) is 6. The summed E-state index contributed by atoms with van der Waals surface area (Å²) in [5.41, 5.74) is 1.18. The Bertz CT molecular complexity index is 1240. The highest BCUT2D eigenvalue weighted by atomic mass is 19.4. The van der Waals surface area contributed by atoms with Crippen molar-refractivity contribution in [1.82, 2.24) is 14.7 Å². The molecule has 0 unspecified atom stereocenters. The number of phenolic OH excluding ortho intramolecular Hbond substituents is 1. The number of aromatic nitrogens is 3. The van der Waals surface area contributed by atoms with Gasteiger partial charge < -0.3 is 9.63 Å². The maximum Gasteiger partial charge on any atom is 0.396 e. The molecule has 0 atom stereocenters. The van der Waals surface area contributed by atoms with Crippen molar-refractivity contribution < 1.29 is 22.8 Å². The summed E-state index contributed by atoms with van der Waals surface area (Å²) in [4.78, 5) is 17.1. The van der Waals surface area contributed by atoms with E-state index in [0.717, 1.165) is 17.4 Å². The minimum Gasteiger partial charge on any atom is -0.507 e. The van der Waals surface area contributed by atoms with Crippen molar-refractivity contribution in [2.24, 2.45) is 0 Å². The third-order valence-electron chi connectivity index (χ3n) is 5.16. The van der Waals surface area contributed by atoms with E-state index in [4.69, 9.17) is 9.78 Å². The molecule has 4 rings (SSSR count). The van der Waals surface area contributed by atoms with Crippen molar-refractivity contribution in [1.29, 1.82) is 5.26 Å². The molecule has 0 spiro atoms. The van der Waals surface area contributed by atoms with Gasteiger partial charge in [0.2, 0.25) is 0 Å². The molecule has 7 nitrogen and oxygen atoms in total. The molecule has 1 aliphatic carbocycles. The number of hydrogen-bond donors (Lipinski definition) is 1. The van der Waals surface area contributed by atoms with Crippen molar-refractivity contribution >= 4 is 0 Å². The Kier molecular flexibility index (Phi) is 5.27. The second-order valence-corrected chi connectivity index (χ2v) is 7.37. The highest BCUT2D eigenvalue weighted by molar-refractivity contribution is 5.62. The minimum atomic E-state index is -4.51. The van der Waals surface area contributed by atoms with Crippen LogP contribution in [0.1, 0.15) is 41.2 Å². The third kappa shape index (κ3) is 4.30. The lowest BCUT2D eigenvalue weighted by Gasteiger charge is -2.20. The number of nitrogens with zero attached hydrogens (tertiary/aromatic N) is 4. The molecule has 0 aliphatic heterocycles. The Balaban J connectivity index is 1.70. The van der Waals surface area contributed by atoms with E-state index >= 15 is 0 Å². The fraction of sp³-hybridized carbons (Fsp3) is 0.333. The van der Waals surface area contributed by atoms with Crippen LogP contribution in [0.25, 0.3) is 11.3 Å². The molecule has 0 radical (unpaired) electrons. The lowest BCUT2D eigenvalue weighted by molar-refractivity contribution is -0.129. The maximum atomic E-state index is 13.1. The van der Waals surface area contributed by atoms with Gasteiger partial charge in [0.05, 0.1) is 17.8 Å². The summed E-state index contributed by atoms with van der Waals surface area (Å²) in [7, 11) is 0. The second-order valence-electron chi connectivity index (χ2n) is 7.37. The first-order chi connectivity index (χ1) is 14.7. The maximum absolute atomic E-state index is 13.1. The predicted molar refractivity (Wildman–Crippen MR) is 102 cm³/mol. The van der Waals surface area contributed by atoms with Crippen molar-refractivity contribution in [3.05, 3.63) is 63.0 Å². The SMILES string of the molecule is N#Cc1ccc(-c2cc(Cn3c(CC(F)(F)F)nc4c(c3=O)CCCC4)no2)cc1O. The zero-order valence-electron chi connectivity index (χ0n) is 16.2. The summed E-state index contributed by atoms with van der Waals surface area (Å²) < 4.78 is 45.6. The fourth-order valence-electron chi connectivity index (χ4n) is 3.68. The Morgan fingerprint density at radius 3 is 2.71 bits per heavy atom. The van der Waals surface area contributed by atoms with Gasteiger partial charge in [-0.2, -0.15) is 18.4 Å². The van der Waals surface area contributed by atoms with Crippen LogP contribution in [-0.2, 0) is 25.8 Å². The molecule has 0 saturated heterocycles. The first-order valence-corrected chi connectivity index (χ1v) is 9.62. The number of alkyl halides is 3. The van der Waals surface area contributed by atoms with E-state index in [1.165, 1.54) is 18.2 Å². The molecule has 0 bridgehead atoms. The van der Waals surface area contributed by atoms with Gasteiger partial charge in [-0.05, 0) is 43.9 Å². The van der Waals surface area contributed by atoms with Crippen molar-refractivity contribution in [3.63, 3.8) is 0 Å². The first-order valence-electron chi connectivity index (χ1n) is 9.62. The average molecular weight is 430 g/mol. The number of halogens is 3. The van der Waals surface area contributed by atoms with Gasteiger partial charge in [-0.25, -0.2) is 4.98 Å². The van der Waals surface area contributed by atoms with Crippen LogP contribution >= 0.6 is 0 Å². The molecule has 1 aromatic carbocycles. The number of aromatic hydroxyl groups is 1. The Morgan fingerprint density at radius 1 is 1.23 bits per heavy atom. The molecule has 10 heteroatoms. The topological polar surface area (TPSA) is 105 Å². The molecular weight excluding hydrogens is 413 g/mol. The zero-order chi connectivity index (χ0) is 22.2. The van der Waals surface area contributed by atoms with Crippen LogP contribution in [0.4, 0.5) is 13.2 Å². The van der Waals surface area contributed by atoms with Gasteiger partial charge in [0, 0.05) is 17.2 Å². The molecule has 3 aromatic rings. The Labute approximate surface area is 174 Å². The summed E-state index contributed by atoms with van der Waals surface area (Å²) in [6, 6.07) is 7.59. The highest BCUT2D eigenvalue weighted by Gasteiger charge is 2.32. The monoisotopic (exact) mass is 430 g/mol. The molecular formula is C21H17F3N4O3. The summed E-state index contributed by atoms with van der Waals surface area (Å²) >= 11 is 0. The molecule has 2 heterocycles. The summed E-state index contributed by atoms with van der Waals surface area (Å²) in [5.74, 6) is -0.342. The standard InChI is InChI=1S/C21H17F3N4O3/c22-21(23,24)9-19-26-16-4-2-1-3-15(16)20(30)28(19)11-14-8-18(31-27-14)12-5-6-13(10-25)17(29)7-12/h5-8,29H,1-4,9,11H2. The van der Waals surface area contributed by atoms with Crippen molar-refractivity contribution in [3.8, 4) is 23.1 Å². The van der Waals surface area contributed by atoms with Crippen LogP contribution in [0.15, 0.2) is 33.6 Å². The molecule has 0 saturated carbocycles. The van der Waals surface area contributed by atoms with Crippen LogP contribution in [0.3, 0.4) is 0 Å². The third-order valence-corrected chi connectivity index (χ3v) is 5.16. The smallest absolute Gasteiger partial charge is 0.396 e. The lowest BCUT2D eigenvalue weighted by Crippen LogP contribution is -2.34. The molecule has 1 N–H and O–H groups in total. The van der Waals surface area contributed by atoms with Gasteiger partial charge in [0.25, 0.3) is 5.56 Å². The van der Waals surface area contributed by atoms with Crippen LogP contribution < -0.4 is 5.56 Å². The molecule has 0 fully saturated rings. The van der Waals surface area contributed by atoms with E-state index in [0.29, 0.717) is 29.7 Å². The van der Waals surface area contributed by atoms with E-state index in [2.05, 4.69) is 10.1 Å². The normalized spacial score (nSPS) is 13.6. The molecule has 0 amide bonds. The van der Waals surface area contributed by atoms with Crippen LogP contribution in [0.2, 0.25) is 0 Å². The number of phenols is 1. The van der Waals surface area contributed by atoms with E-state index in [-0.39, 0.29) is 35.1 Å². The largest absolute Gasteiger partial charge is 0.507 e. The van der Waals surface area contributed by atoms with Gasteiger partial charge in [-0.15, -0.1) is 0 Å². The summed E-state index contributed by atoms with van der Waals surface area (Å²) in [6.07, 6.45) is -3.27. The number of nitriles is 1. The van der Waals surface area contributed by atoms with Gasteiger partial charge in [-0.1, -0.05) is 5.16 Å². The molecule has 1 aliphatic rings. The number of benzene rings is 1. The number of rotatable bonds is 4. The van der Waals surface area contributed by atoms with E-state index < -0.39 is 18.2 Å². The second kappa shape index (κ2) is 7.91. The van der Waals surface area contributed by atoms with Gasteiger partial charge in [0.1, 0.15) is 29.8 Å². The van der Waals surface area contributed by atoms with Crippen LogP contribution in [0.5, 0.6) is 5.75 Å². The summed E-state index contributed by atoms with van der Waals surface area (Å²) in [6.45, 7) is -0.226. The predicted octanol–water partition coefficient (Wildman–Crippen LogP) is 3.51. The summed E-state index contributed by atoms with van der Waals surface area (Å²) in [5, 5.41) is 22.6. The number of fused-ring (bicyclic) bond motifs is 1. The van der Waals surface area contributed by atoms with Crippen LogP contribution in [0, 0.1) is 11.3 Å². The highest BCUT2D eigenvalue weighted by Crippen LogP contribution is 2.27. The number of aryl methyl sites for hydroxylation is 1. The van der Waals surface area contributed by atoms with Gasteiger partial charge in [-0.3, -0.25) is 9.36 Å². The molecule has 2 aromatic heterocycles. The van der Waals surface area contributed by atoms with Crippen LogP contribution in [-0.4, -0.2) is 26.0 Å². The minimum absolute atomic E-state index is 0.0898. The zero-order valence-corrected chi connectivity index (χ0v) is 16.2. The average Bonchev–Trinajstić information content (AvgIpc) is 3.18. The van der Waals surface area contributed by atoms with E-state index in [1.54, 1.807) is 6.07 Å². The molecule has 31 heavy (non-hydrogen) atoms. The van der Waals surface area contributed by atoms with Gasteiger partial charge in [0.15, 0.2) is 5.76 Å². The van der Waals surface area contributed by atoms with Gasteiger partial charge >= 0.3 is 6.18 Å².